The molecule has 0 aliphatic heterocycles. The topological polar surface area (TPSA) is 65.2 Å². The van der Waals surface area contributed by atoms with E-state index in [1.165, 1.54) is 0 Å². The zero-order valence-corrected chi connectivity index (χ0v) is 11.9. The first-order chi connectivity index (χ1) is 8.49. The molecule has 1 aromatic rings. The molecule has 0 saturated heterocycles. The fourth-order valence-electron chi connectivity index (χ4n) is 1.43. The third-order valence-electron chi connectivity index (χ3n) is 2.20. The molecule has 0 spiro atoms. The lowest BCUT2D eigenvalue weighted by molar-refractivity contribution is -0.142. The van der Waals surface area contributed by atoms with E-state index in [-0.39, 0.29) is 25.1 Å². The number of aromatic nitrogens is 1. The van der Waals surface area contributed by atoms with Gasteiger partial charge in [-0.3, -0.25) is 9.78 Å². The van der Waals surface area contributed by atoms with Gasteiger partial charge >= 0.3 is 5.97 Å². The van der Waals surface area contributed by atoms with Gasteiger partial charge in [0.2, 0.25) is 0 Å². The monoisotopic (exact) mass is 370 g/mol. The quantitative estimate of drug-likeness (QED) is 0.638. The number of ether oxygens (including phenoxy) is 1. The van der Waals surface area contributed by atoms with Crippen molar-refractivity contribution in [2.75, 3.05) is 6.61 Å². The van der Waals surface area contributed by atoms with Crippen molar-refractivity contribution in [3.63, 3.8) is 0 Å². The highest BCUT2D eigenvalue weighted by atomic mass is 127. The summed E-state index contributed by atoms with van der Waals surface area (Å²) in [6, 6.07) is 1.60. The predicted molar refractivity (Wildman–Crippen MR) is 70.1 cm³/mol. The van der Waals surface area contributed by atoms with Crippen molar-refractivity contribution in [2.24, 2.45) is 5.73 Å². The number of carbonyl (C=O) groups is 1. The van der Waals surface area contributed by atoms with E-state index in [1.54, 1.807) is 13.0 Å². The molecule has 7 heteroatoms. The van der Waals surface area contributed by atoms with Crippen molar-refractivity contribution in [1.82, 2.24) is 4.98 Å². The van der Waals surface area contributed by atoms with Gasteiger partial charge < -0.3 is 10.5 Å². The molecule has 18 heavy (non-hydrogen) atoms. The molecule has 4 nitrogen and oxygen atoms in total. The van der Waals surface area contributed by atoms with Crippen LogP contribution in [0.15, 0.2) is 6.07 Å². The van der Waals surface area contributed by atoms with Crippen LogP contribution in [-0.4, -0.2) is 17.6 Å². The zero-order chi connectivity index (χ0) is 13.7. The van der Waals surface area contributed by atoms with Crippen LogP contribution in [0.1, 0.15) is 30.3 Å². The third kappa shape index (κ3) is 3.84. The number of hydrogen-bond donors (Lipinski definition) is 1. The number of nitrogens with two attached hydrogens (primary N) is 1. The standard InChI is InChI=1S/C11H13F2IN2O2/c1-2-18-9(17)4-7-8(14)3-6(5-15)16-10(7)11(12)13/h3,11H,2,4-5,15H2,1H3. The molecule has 2 N–H and O–H groups in total. The summed E-state index contributed by atoms with van der Waals surface area (Å²) in [6.45, 7) is 1.95. The van der Waals surface area contributed by atoms with E-state index in [4.69, 9.17) is 10.5 Å². The number of halogens is 3. The molecule has 0 amide bonds. The molecule has 0 aliphatic rings. The fourth-order valence-corrected chi connectivity index (χ4v) is 2.25. The molecule has 0 unspecified atom stereocenters. The van der Waals surface area contributed by atoms with Crippen LogP contribution in [0.2, 0.25) is 0 Å². The van der Waals surface area contributed by atoms with Crippen LogP contribution in [0, 0.1) is 3.57 Å². The third-order valence-corrected chi connectivity index (χ3v) is 3.16. The second-order valence-electron chi connectivity index (χ2n) is 3.45. The molecule has 0 saturated carbocycles. The van der Waals surface area contributed by atoms with Gasteiger partial charge in [-0.25, -0.2) is 8.78 Å². The van der Waals surface area contributed by atoms with Crippen molar-refractivity contribution in [1.29, 1.82) is 0 Å². The lowest BCUT2D eigenvalue weighted by atomic mass is 10.1. The number of pyridine rings is 1. The Morgan fingerprint density at radius 1 is 1.61 bits per heavy atom. The Hall–Kier alpha value is -0.830. The summed E-state index contributed by atoms with van der Waals surface area (Å²) in [7, 11) is 0. The van der Waals surface area contributed by atoms with E-state index in [1.807, 2.05) is 22.6 Å². The molecule has 1 aromatic heterocycles. The predicted octanol–water partition coefficient (Wildman–Crippen LogP) is 2.19. The van der Waals surface area contributed by atoms with E-state index in [0.717, 1.165) is 0 Å². The Morgan fingerprint density at radius 2 is 2.28 bits per heavy atom. The van der Waals surface area contributed by atoms with Crippen LogP contribution < -0.4 is 5.73 Å². The van der Waals surface area contributed by atoms with Gasteiger partial charge in [0.05, 0.1) is 18.7 Å². The Balaban J connectivity index is 3.12. The average molecular weight is 370 g/mol. The van der Waals surface area contributed by atoms with Gasteiger partial charge in [-0.05, 0) is 35.6 Å². The normalized spacial score (nSPS) is 10.8. The highest BCUT2D eigenvalue weighted by Crippen LogP contribution is 2.26. The maximum atomic E-state index is 12.9. The Morgan fingerprint density at radius 3 is 2.78 bits per heavy atom. The SMILES string of the molecule is CCOC(=O)Cc1c(I)cc(CN)nc1C(F)F. The van der Waals surface area contributed by atoms with Crippen LogP contribution in [0.5, 0.6) is 0 Å². The van der Waals surface area contributed by atoms with Crippen LogP contribution in [0.4, 0.5) is 8.78 Å². The summed E-state index contributed by atoms with van der Waals surface area (Å²) in [4.78, 5) is 15.1. The summed E-state index contributed by atoms with van der Waals surface area (Å²) in [6.07, 6.45) is -2.95. The van der Waals surface area contributed by atoms with Crippen LogP contribution >= 0.6 is 22.6 Å². The second kappa shape index (κ2) is 6.93. The summed E-state index contributed by atoms with van der Waals surface area (Å²) < 4.78 is 31.1. The van der Waals surface area contributed by atoms with Crippen molar-refractivity contribution in [2.45, 2.75) is 26.3 Å². The molecule has 1 heterocycles. The Bertz CT molecular complexity index is 441. The summed E-state index contributed by atoms with van der Waals surface area (Å²) in [5.74, 6) is -0.542. The minimum Gasteiger partial charge on any atom is -0.466 e. The highest BCUT2D eigenvalue weighted by Gasteiger charge is 2.21. The van der Waals surface area contributed by atoms with Crippen molar-refractivity contribution < 1.29 is 18.3 Å². The number of esters is 1. The van der Waals surface area contributed by atoms with Gasteiger partial charge in [-0.2, -0.15) is 0 Å². The molecule has 1 rings (SSSR count). The van der Waals surface area contributed by atoms with Crippen molar-refractivity contribution in [3.05, 3.63) is 26.6 Å². The molecular formula is C11H13F2IN2O2. The first-order valence-electron chi connectivity index (χ1n) is 5.31. The molecule has 0 fully saturated rings. The van der Waals surface area contributed by atoms with E-state index in [0.29, 0.717) is 9.26 Å². The molecule has 0 aromatic carbocycles. The van der Waals surface area contributed by atoms with E-state index in [9.17, 15) is 13.6 Å². The van der Waals surface area contributed by atoms with Gasteiger partial charge in [-0.15, -0.1) is 0 Å². The van der Waals surface area contributed by atoms with Crippen molar-refractivity contribution >= 4 is 28.6 Å². The molecule has 0 bridgehead atoms. The molecule has 0 radical (unpaired) electrons. The van der Waals surface area contributed by atoms with Gasteiger partial charge in [0.25, 0.3) is 6.43 Å². The molecule has 100 valence electrons. The number of hydrogen-bond acceptors (Lipinski definition) is 4. The largest absolute Gasteiger partial charge is 0.466 e. The molecule has 0 aliphatic carbocycles. The lowest BCUT2D eigenvalue weighted by Gasteiger charge is -2.11. The molecule has 0 atom stereocenters. The Kier molecular flexibility index (Phi) is 5.86. The van der Waals surface area contributed by atoms with E-state index < -0.39 is 18.1 Å². The maximum absolute atomic E-state index is 12.9. The lowest BCUT2D eigenvalue weighted by Crippen LogP contribution is -2.14. The average Bonchev–Trinajstić information content (AvgIpc) is 2.31. The van der Waals surface area contributed by atoms with Gasteiger partial charge in [0, 0.05) is 15.7 Å². The Labute approximate surface area is 117 Å². The first kappa shape index (κ1) is 15.2. The van der Waals surface area contributed by atoms with Gasteiger partial charge in [-0.1, -0.05) is 0 Å². The zero-order valence-electron chi connectivity index (χ0n) is 9.75. The number of rotatable bonds is 5. The van der Waals surface area contributed by atoms with Crippen molar-refractivity contribution in [3.8, 4) is 0 Å². The number of carbonyl (C=O) groups excluding carboxylic acids is 1. The van der Waals surface area contributed by atoms with E-state index >= 15 is 0 Å². The number of nitrogens with zero attached hydrogens (tertiary/aromatic N) is 1. The second-order valence-corrected chi connectivity index (χ2v) is 4.61. The fraction of sp³-hybridized carbons (Fsp3) is 0.455. The number of alkyl halides is 2. The summed E-state index contributed by atoms with van der Waals surface area (Å²) in [5.41, 5.74) is 5.58. The minimum atomic E-state index is -2.74. The maximum Gasteiger partial charge on any atom is 0.310 e. The minimum absolute atomic E-state index is 0.0788. The van der Waals surface area contributed by atoms with Crippen LogP contribution in [0.25, 0.3) is 0 Å². The summed E-state index contributed by atoms with van der Waals surface area (Å²) >= 11 is 1.89. The van der Waals surface area contributed by atoms with E-state index in [2.05, 4.69) is 4.98 Å². The van der Waals surface area contributed by atoms with Crippen LogP contribution in [0.3, 0.4) is 0 Å². The highest BCUT2D eigenvalue weighted by molar-refractivity contribution is 14.1. The van der Waals surface area contributed by atoms with Gasteiger partial charge in [0.1, 0.15) is 5.69 Å². The smallest absolute Gasteiger partial charge is 0.310 e. The molecular weight excluding hydrogens is 357 g/mol. The summed E-state index contributed by atoms with van der Waals surface area (Å²) in [5, 5.41) is 0. The first-order valence-corrected chi connectivity index (χ1v) is 6.39. The van der Waals surface area contributed by atoms with Gasteiger partial charge in [0.15, 0.2) is 0 Å². The van der Waals surface area contributed by atoms with Crippen LogP contribution in [-0.2, 0) is 22.5 Å².